The molecule has 0 radical (unpaired) electrons. The summed E-state index contributed by atoms with van der Waals surface area (Å²) in [7, 11) is 1.89. The monoisotopic (exact) mass is 399 g/mol. The summed E-state index contributed by atoms with van der Waals surface area (Å²) in [5, 5.41) is 7.63. The minimum atomic E-state index is 0.212. The lowest BCUT2D eigenvalue weighted by Gasteiger charge is -2.33. The van der Waals surface area contributed by atoms with Crippen molar-refractivity contribution in [3.05, 3.63) is 29.7 Å². The first-order valence-electron chi connectivity index (χ1n) is 10.6. The van der Waals surface area contributed by atoms with Crippen LogP contribution in [0.15, 0.2) is 18.5 Å². The highest BCUT2D eigenvalue weighted by molar-refractivity contribution is 5.76. The van der Waals surface area contributed by atoms with Gasteiger partial charge in [-0.15, -0.1) is 0 Å². The molecule has 0 spiro atoms. The Morgan fingerprint density at radius 2 is 2.07 bits per heavy atom. The zero-order valence-electron chi connectivity index (χ0n) is 18.1. The van der Waals surface area contributed by atoms with Crippen molar-refractivity contribution in [3.8, 4) is 0 Å². The van der Waals surface area contributed by atoms with Gasteiger partial charge in [-0.05, 0) is 45.6 Å². The molecule has 1 saturated heterocycles. The molecule has 8 heteroatoms. The van der Waals surface area contributed by atoms with Crippen molar-refractivity contribution in [1.29, 1.82) is 0 Å². The summed E-state index contributed by atoms with van der Waals surface area (Å²) in [5.41, 5.74) is 2.12. The lowest BCUT2D eigenvalue weighted by Crippen LogP contribution is -2.36. The third kappa shape index (κ3) is 5.46. The summed E-state index contributed by atoms with van der Waals surface area (Å²) < 4.78 is 1.92. The Morgan fingerprint density at radius 1 is 1.31 bits per heavy atom. The molecule has 3 heterocycles. The van der Waals surface area contributed by atoms with Crippen molar-refractivity contribution >= 4 is 17.7 Å². The number of anilines is 2. The fraction of sp³-hybridized carbons (Fsp3) is 0.619. The van der Waals surface area contributed by atoms with Crippen molar-refractivity contribution in [1.82, 2.24) is 24.6 Å². The largest absolute Gasteiger partial charge is 0.356 e. The standard InChI is InChI=1S/C21H33N7O/c1-5-22-21-23-10-7-19(24-21)27-11-8-17(9-12-27)13-20(29)26(4)14-18-15-28(6-2)25-16(18)3/h7,10,15,17H,5-6,8-9,11-14H2,1-4H3,(H,22,23,24). The van der Waals surface area contributed by atoms with Gasteiger partial charge in [0.25, 0.3) is 0 Å². The molecule has 158 valence electrons. The lowest BCUT2D eigenvalue weighted by atomic mass is 9.93. The van der Waals surface area contributed by atoms with Gasteiger partial charge in [-0.25, -0.2) is 4.98 Å². The van der Waals surface area contributed by atoms with E-state index in [9.17, 15) is 4.79 Å². The maximum atomic E-state index is 12.7. The average molecular weight is 400 g/mol. The maximum Gasteiger partial charge on any atom is 0.224 e. The molecule has 1 N–H and O–H groups in total. The van der Waals surface area contributed by atoms with Gasteiger partial charge in [-0.1, -0.05) is 0 Å². The predicted octanol–water partition coefficient (Wildman–Crippen LogP) is 2.70. The number of piperidine rings is 1. The van der Waals surface area contributed by atoms with Crippen molar-refractivity contribution < 1.29 is 4.79 Å². The summed E-state index contributed by atoms with van der Waals surface area (Å²) in [5.74, 6) is 2.27. The van der Waals surface area contributed by atoms with Gasteiger partial charge >= 0.3 is 0 Å². The molecule has 2 aromatic rings. The van der Waals surface area contributed by atoms with Crippen LogP contribution >= 0.6 is 0 Å². The number of aromatic nitrogens is 4. The molecular weight excluding hydrogens is 366 g/mol. The van der Waals surface area contributed by atoms with Crippen LogP contribution in [0, 0.1) is 12.8 Å². The molecule has 0 aliphatic carbocycles. The first kappa shape index (κ1) is 21.1. The molecule has 2 aromatic heterocycles. The quantitative estimate of drug-likeness (QED) is 0.735. The van der Waals surface area contributed by atoms with Gasteiger partial charge in [-0.3, -0.25) is 9.48 Å². The highest BCUT2D eigenvalue weighted by atomic mass is 16.2. The Hall–Kier alpha value is -2.64. The van der Waals surface area contributed by atoms with Gasteiger partial charge in [0, 0.05) is 64.1 Å². The molecule has 0 unspecified atom stereocenters. The predicted molar refractivity (Wildman–Crippen MR) is 115 cm³/mol. The second kappa shape index (κ2) is 9.71. The maximum absolute atomic E-state index is 12.7. The van der Waals surface area contributed by atoms with E-state index in [0.29, 0.717) is 24.8 Å². The van der Waals surface area contributed by atoms with E-state index in [1.165, 1.54) is 0 Å². The van der Waals surface area contributed by atoms with Crippen LogP contribution in [-0.4, -0.2) is 57.2 Å². The van der Waals surface area contributed by atoms with Crippen molar-refractivity contribution in [2.24, 2.45) is 5.92 Å². The third-order valence-corrected chi connectivity index (χ3v) is 5.58. The molecular formula is C21H33N7O. The molecule has 29 heavy (non-hydrogen) atoms. The van der Waals surface area contributed by atoms with E-state index in [0.717, 1.165) is 56.1 Å². The fourth-order valence-electron chi connectivity index (χ4n) is 3.76. The highest BCUT2D eigenvalue weighted by Gasteiger charge is 2.24. The summed E-state index contributed by atoms with van der Waals surface area (Å²) in [4.78, 5) is 25.7. The highest BCUT2D eigenvalue weighted by Crippen LogP contribution is 2.25. The molecule has 1 aliphatic rings. The Kier molecular flexibility index (Phi) is 7.06. The summed E-state index contributed by atoms with van der Waals surface area (Å²) in [6, 6.07) is 1.96. The number of hydrogen-bond donors (Lipinski definition) is 1. The smallest absolute Gasteiger partial charge is 0.224 e. The van der Waals surface area contributed by atoms with E-state index in [1.807, 2.05) is 42.7 Å². The van der Waals surface area contributed by atoms with Crippen molar-refractivity contribution in [3.63, 3.8) is 0 Å². The Labute approximate surface area is 173 Å². The second-order valence-electron chi connectivity index (χ2n) is 7.75. The third-order valence-electron chi connectivity index (χ3n) is 5.58. The normalized spacial score (nSPS) is 14.8. The van der Waals surface area contributed by atoms with Crippen molar-refractivity contribution in [2.45, 2.75) is 53.1 Å². The van der Waals surface area contributed by atoms with Crippen molar-refractivity contribution in [2.75, 3.05) is 36.9 Å². The lowest BCUT2D eigenvalue weighted by molar-refractivity contribution is -0.131. The van der Waals surface area contributed by atoms with Gasteiger partial charge in [0.1, 0.15) is 5.82 Å². The zero-order chi connectivity index (χ0) is 20.8. The molecule has 0 saturated carbocycles. The number of nitrogens with one attached hydrogen (secondary N) is 1. The zero-order valence-corrected chi connectivity index (χ0v) is 18.1. The molecule has 1 fully saturated rings. The van der Waals surface area contributed by atoms with Gasteiger partial charge in [0.15, 0.2) is 0 Å². The molecule has 0 atom stereocenters. The van der Waals surface area contributed by atoms with E-state index < -0.39 is 0 Å². The SMILES string of the molecule is CCNc1nccc(N2CCC(CC(=O)N(C)Cc3cn(CC)nc3C)CC2)n1. The number of carbonyl (C=O) groups is 1. The number of nitrogens with zero attached hydrogens (tertiary/aromatic N) is 6. The van der Waals surface area contributed by atoms with Gasteiger partial charge < -0.3 is 15.1 Å². The summed E-state index contributed by atoms with van der Waals surface area (Å²) >= 11 is 0. The average Bonchev–Trinajstić information content (AvgIpc) is 3.08. The molecule has 1 aliphatic heterocycles. The number of hydrogen-bond acceptors (Lipinski definition) is 6. The van der Waals surface area contributed by atoms with Crippen LogP contribution < -0.4 is 10.2 Å². The van der Waals surface area contributed by atoms with E-state index in [2.05, 4.69) is 32.2 Å². The van der Waals surface area contributed by atoms with E-state index >= 15 is 0 Å². The molecule has 0 bridgehead atoms. The minimum Gasteiger partial charge on any atom is -0.356 e. The number of carbonyl (C=O) groups excluding carboxylic acids is 1. The van der Waals surface area contributed by atoms with Crippen LogP contribution in [0.25, 0.3) is 0 Å². The van der Waals surface area contributed by atoms with Crippen LogP contribution in [0.3, 0.4) is 0 Å². The van der Waals surface area contributed by atoms with Gasteiger partial charge in [0.2, 0.25) is 11.9 Å². The molecule has 0 aromatic carbocycles. The van der Waals surface area contributed by atoms with Crippen LogP contribution in [0.2, 0.25) is 0 Å². The first-order chi connectivity index (χ1) is 14.0. The van der Waals surface area contributed by atoms with E-state index in [-0.39, 0.29) is 5.91 Å². The molecule has 1 amide bonds. The minimum absolute atomic E-state index is 0.212. The summed E-state index contributed by atoms with van der Waals surface area (Å²) in [6.07, 6.45) is 6.46. The van der Waals surface area contributed by atoms with Gasteiger partial charge in [-0.2, -0.15) is 10.1 Å². The number of amides is 1. The van der Waals surface area contributed by atoms with Gasteiger partial charge in [0.05, 0.1) is 5.69 Å². The first-order valence-corrected chi connectivity index (χ1v) is 10.6. The Balaban J connectivity index is 1.49. The fourth-order valence-corrected chi connectivity index (χ4v) is 3.76. The van der Waals surface area contributed by atoms with Crippen LogP contribution in [0.5, 0.6) is 0 Å². The van der Waals surface area contributed by atoms with E-state index in [1.54, 1.807) is 6.20 Å². The topological polar surface area (TPSA) is 79.2 Å². The molecule has 3 rings (SSSR count). The summed E-state index contributed by atoms with van der Waals surface area (Å²) in [6.45, 7) is 10.2. The van der Waals surface area contributed by atoms with Crippen LogP contribution in [0.1, 0.15) is 44.4 Å². The Morgan fingerprint density at radius 3 is 2.72 bits per heavy atom. The van der Waals surface area contributed by atoms with Crippen LogP contribution in [-0.2, 0) is 17.9 Å². The Bertz CT molecular complexity index is 811. The van der Waals surface area contributed by atoms with E-state index in [4.69, 9.17) is 0 Å². The van der Waals surface area contributed by atoms with Crippen LogP contribution in [0.4, 0.5) is 11.8 Å². The number of rotatable bonds is 8. The molecule has 8 nitrogen and oxygen atoms in total. The number of aryl methyl sites for hydroxylation is 2. The second-order valence-corrected chi connectivity index (χ2v) is 7.75.